The van der Waals surface area contributed by atoms with E-state index >= 15 is 0 Å². The van der Waals surface area contributed by atoms with Crippen molar-refractivity contribution >= 4 is 0 Å². The van der Waals surface area contributed by atoms with Gasteiger partial charge in [0.15, 0.2) is 0 Å². The Balaban J connectivity index is 2.21. The summed E-state index contributed by atoms with van der Waals surface area (Å²) >= 11 is 0. The van der Waals surface area contributed by atoms with E-state index in [1.807, 2.05) is 0 Å². The van der Waals surface area contributed by atoms with Crippen LogP contribution in [0.3, 0.4) is 0 Å². The average molecular weight is 288 g/mol. The minimum Gasteiger partial charge on any atom is -0.329 e. The lowest BCUT2D eigenvalue weighted by atomic mass is 9.67. The Labute approximate surface area is 130 Å². The van der Waals surface area contributed by atoms with Crippen LogP contribution in [0.1, 0.15) is 50.7 Å². The first kappa shape index (κ1) is 16.5. The molecule has 0 bridgehead atoms. The molecule has 1 aromatic rings. The highest BCUT2D eigenvalue weighted by molar-refractivity contribution is 5.22. The summed E-state index contributed by atoms with van der Waals surface area (Å²) < 4.78 is 0. The summed E-state index contributed by atoms with van der Waals surface area (Å²) in [5.74, 6) is 1.42. The molecular weight excluding hydrogens is 256 g/mol. The van der Waals surface area contributed by atoms with Crippen LogP contribution in [-0.4, -0.2) is 24.0 Å². The Morgan fingerprint density at radius 3 is 2.71 bits per heavy atom. The van der Waals surface area contributed by atoms with E-state index < -0.39 is 0 Å². The standard InChI is InChI=1S/C19H32N2/c1-15(2)18-10-5-6-11-19(18,14-20)21(4)13-17-9-7-8-16(3)12-17/h7-9,12,15,18H,5-6,10-11,13-14,20H2,1-4H3. The summed E-state index contributed by atoms with van der Waals surface area (Å²) in [6.07, 6.45) is 5.25. The lowest BCUT2D eigenvalue weighted by Gasteiger charge is -2.51. The van der Waals surface area contributed by atoms with Gasteiger partial charge in [0.2, 0.25) is 0 Å². The topological polar surface area (TPSA) is 29.3 Å². The zero-order valence-electron chi connectivity index (χ0n) is 14.2. The van der Waals surface area contributed by atoms with E-state index in [0.29, 0.717) is 11.8 Å². The van der Waals surface area contributed by atoms with Gasteiger partial charge in [-0.05, 0) is 44.2 Å². The number of nitrogens with zero attached hydrogens (tertiary/aromatic N) is 1. The minimum absolute atomic E-state index is 0.177. The summed E-state index contributed by atoms with van der Waals surface area (Å²) in [6.45, 7) is 8.67. The van der Waals surface area contributed by atoms with E-state index in [9.17, 15) is 0 Å². The molecule has 0 spiro atoms. The number of hydrogen-bond acceptors (Lipinski definition) is 2. The van der Waals surface area contributed by atoms with Crippen LogP contribution in [0.15, 0.2) is 24.3 Å². The molecule has 2 heteroatoms. The van der Waals surface area contributed by atoms with Crippen LogP contribution in [-0.2, 0) is 6.54 Å². The highest BCUT2D eigenvalue weighted by atomic mass is 15.2. The molecule has 0 radical (unpaired) electrons. The van der Waals surface area contributed by atoms with Crippen molar-refractivity contribution in [2.75, 3.05) is 13.6 Å². The lowest BCUT2D eigenvalue weighted by molar-refractivity contribution is -0.00184. The number of benzene rings is 1. The van der Waals surface area contributed by atoms with Crippen molar-refractivity contribution in [3.05, 3.63) is 35.4 Å². The zero-order valence-corrected chi connectivity index (χ0v) is 14.2. The molecule has 2 nitrogen and oxygen atoms in total. The summed E-state index contributed by atoms with van der Waals surface area (Å²) in [7, 11) is 2.27. The largest absolute Gasteiger partial charge is 0.329 e. The third kappa shape index (κ3) is 3.49. The SMILES string of the molecule is Cc1cccc(CN(C)C2(CN)CCCCC2C(C)C)c1. The van der Waals surface area contributed by atoms with Crippen LogP contribution in [0, 0.1) is 18.8 Å². The molecular formula is C19H32N2. The Morgan fingerprint density at radius 2 is 2.10 bits per heavy atom. The molecule has 1 fully saturated rings. The van der Waals surface area contributed by atoms with E-state index in [0.717, 1.165) is 13.1 Å². The molecule has 2 atom stereocenters. The Hall–Kier alpha value is -0.860. The predicted molar refractivity (Wildman–Crippen MR) is 91.2 cm³/mol. The molecule has 1 saturated carbocycles. The van der Waals surface area contributed by atoms with Gasteiger partial charge in [-0.2, -0.15) is 0 Å². The molecule has 0 amide bonds. The van der Waals surface area contributed by atoms with E-state index in [2.05, 4.69) is 57.0 Å². The van der Waals surface area contributed by atoms with Crippen LogP contribution in [0.4, 0.5) is 0 Å². The number of nitrogens with two attached hydrogens (primary N) is 1. The molecule has 2 rings (SSSR count). The Kier molecular flexibility index (Phi) is 5.45. The minimum atomic E-state index is 0.177. The van der Waals surface area contributed by atoms with Crippen molar-refractivity contribution in [2.45, 2.75) is 58.5 Å². The first-order valence-corrected chi connectivity index (χ1v) is 8.46. The molecule has 2 N–H and O–H groups in total. The fraction of sp³-hybridized carbons (Fsp3) is 0.684. The third-order valence-electron chi connectivity index (χ3n) is 5.49. The van der Waals surface area contributed by atoms with Gasteiger partial charge >= 0.3 is 0 Å². The molecule has 0 heterocycles. The lowest BCUT2D eigenvalue weighted by Crippen LogP contribution is -2.59. The van der Waals surface area contributed by atoms with Crippen molar-refractivity contribution in [1.82, 2.24) is 4.90 Å². The van der Waals surface area contributed by atoms with Crippen LogP contribution >= 0.6 is 0 Å². The first-order valence-electron chi connectivity index (χ1n) is 8.46. The summed E-state index contributed by atoms with van der Waals surface area (Å²) in [5.41, 5.74) is 9.23. The summed E-state index contributed by atoms with van der Waals surface area (Å²) in [4.78, 5) is 2.55. The first-order chi connectivity index (χ1) is 9.99. The fourth-order valence-corrected chi connectivity index (χ4v) is 4.33. The number of aryl methyl sites for hydroxylation is 1. The van der Waals surface area contributed by atoms with E-state index in [1.54, 1.807) is 0 Å². The van der Waals surface area contributed by atoms with Gasteiger partial charge in [0.1, 0.15) is 0 Å². The van der Waals surface area contributed by atoms with Crippen molar-refractivity contribution in [3.8, 4) is 0 Å². The van der Waals surface area contributed by atoms with E-state index in [1.165, 1.54) is 36.8 Å². The Morgan fingerprint density at radius 1 is 1.33 bits per heavy atom. The van der Waals surface area contributed by atoms with Crippen LogP contribution in [0.25, 0.3) is 0 Å². The van der Waals surface area contributed by atoms with E-state index in [4.69, 9.17) is 5.73 Å². The van der Waals surface area contributed by atoms with Crippen molar-refractivity contribution < 1.29 is 0 Å². The van der Waals surface area contributed by atoms with Gasteiger partial charge in [0, 0.05) is 18.6 Å². The van der Waals surface area contributed by atoms with Crippen LogP contribution in [0.5, 0.6) is 0 Å². The van der Waals surface area contributed by atoms with Crippen LogP contribution < -0.4 is 5.73 Å². The van der Waals surface area contributed by atoms with Gasteiger partial charge in [-0.1, -0.05) is 56.5 Å². The van der Waals surface area contributed by atoms with Crippen molar-refractivity contribution in [2.24, 2.45) is 17.6 Å². The maximum absolute atomic E-state index is 6.31. The van der Waals surface area contributed by atoms with Gasteiger partial charge in [-0.15, -0.1) is 0 Å². The monoisotopic (exact) mass is 288 g/mol. The molecule has 1 aliphatic carbocycles. The van der Waals surface area contributed by atoms with Gasteiger partial charge in [0.05, 0.1) is 0 Å². The second-order valence-electron chi connectivity index (χ2n) is 7.25. The summed E-state index contributed by atoms with van der Waals surface area (Å²) in [6, 6.07) is 8.86. The van der Waals surface area contributed by atoms with E-state index in [-0.39, 0.29) is 5.54 Å². The number of likely N-dealkylation sites (N-methyl/N-ethyl adjacent to an activating group) is 1. The van der Waals surface area contributed by atoms with Gasteiger partial charge in [-0.25, -0.2) is 0 Å². The number of rotatable bonds is 5. The third-order valence-corrected chi connectivity index (χ3v) is 5.49. The second-order valence-corrected chi connectivity index (χ2v) is 7.25. The number of hydrogen-bond donors (Lipinski definition) is 1. The molecule has 1 aromatic carbocycles. The van der Waals surface area contributed by atoms with Crippen LogP contribution in [0.2, 0.25) is 0 Å². The highest BCUT2D eigenvalue weighted by Crippen LogP contribution is 2.41. The fourth-order valence-electron chi connectivity index (χ4n) is 4.33. The maximum atomic E-state index is 6.31. The van der Waals surface area contributed by atoms with Gasteiger partial charge < -0.3 is 5.73 Å². The molecule has 0 aliphatic heterocycles. The highest BCUT2D eigenvalue weighted by Gasteiger charge is 2.43. The molecule has 0 saturated heterocycles. The van der Waals surface area contributed by atoms with Gasteiger partial charge in [-0.3, -0.25) is 4.90 Å². The van der Waals surface area contributed by atoms with Crippen molar-refractivity contribution in [1.29, 1.82) is 0 Å². The zero-order chi connectivity index (χ0) is 15.5. The van der Waals surface area contributed by atoms with Crippen molar-refractivity contribution in [3.63, 3.8) is 0 Å². The quantitative estimate of drug-likeness (QED) is 0.888. The molecule has 2 unspecified atom stereocenters. The summed E-state index contributed by atoms with van der Waals surface area (Å²) in [5, 5.41) is 0. The smallest absolute Gasteiger partial charge is 0.0362 e. The molecule has 0 aromatic heterocycles. The molecule has 118 valence electrons. The molecule has 1 aliphatic rings. The molecule has 21 heavy (non-hydrogen) atoms. The predicted octanol–water partition coefficient (Wildman–Crippen LogP) is 3.97. The Bertz CT molecular complexity index is 455. The average Bonchev–Trinajstić information content (AvgIpc) is 2.46. The normalized spacial score (nSPS) is 26.5. The maximum Gasteiger partial charge on any atom is 0.0362 e. The van der Waals surface area contributed by atoms with Gasteiger partial charge in [0.25, 0.3) is 0 Å². The second kappa shape index (κ2) is 6.93.